The summed E-state index contributed by atoms with van der Waals surface area (Å²) in [6.07, 6.45) is 0. The van der Waals surface area contributed by atoms with Gasteiger partial charge in [-0.25, -0.2) is 8.42 Å². The number of aryl methyl sites for hydroxylation is 1. The highest BCUT2D eigenvalue weighted by Gasteiger charge is 2.33. The number of anilines is 1. The van der Waals surface area contributed by atoms with E-state index < -0.39 is 10.0 Å². The number of halogens is 1. The molecule has 0 bridgehead atoms. The number of para-hydroxylation sites is 1. The molecule has 21 heavy (non-hydrogen) atoms. The minimum atomic E-state index is -3.58. The fourth-order valence-corrected chi connectivity index (χ4v) is 4.08. The molecule has 0 N–H and O–H groups in total. The van der Waals surface area contributed by atoms with Gasteiger partial charge in [-0.2, -0.15) is 0 Å². The fraction of sp³-hybridized carbons (Fsp3) is 0.125. The summed E-state index contributed by atoms with van der Waals surface area (Å²) in [5.74, 6) is 0. The maximum atomic E-state index is 12.8. The second-order valence-electron chi connectivity index (χ2n) is 4.98. The Hall–Kier alpha value is -1.78. The molecule has 0 radical (unpaired) electrons. The molecule has 0 saturated heterocycles. The smallest absolute Gasteiger partial charge is 0.261 e. The molecule has 0 aromatic heterocycles. The first-order valence-electron chi connectivity index (χ1n) is 6.52. The quantitative estimate of drug-likeness (QED) is 0.844. The number of nitrogens with zero attached hydrogens (tertiary/aromatic N) is 1. The molecule has 1 heterocycles. The molecule has 0 unspecified atom stereocenters. The SMILES string of the molecule is Cc1ccc(S(=O)(=O)N2C/C(=C/Cl)c3ccccc32)cc1. The highest BCUT2D eigenvalue weighted by molar-refractivity contribution is 7.92. The highest BCUT2D eigenvalue weighted by atomic mass is 35.5. The molecule has 3 rings (SSSR count). The van der Waals surface area contributed by atoms with Crippen molar-refractivity contribution < 1.29 is 8.42 Å². The number of fused-ring (bicyclic) bond motifs is 1. The van der Waals surface area contributed by atoms with Gasteiger partial charge in [0.15, 0.2) is 0 Å². The van der Waals surface area contributed by atoms with Crippen LogP contribution in [0, 0.1) is 6.92 Å². The average molecular weight is 320 g/mol. The molecule has 0 fully saturated rings. The summed E-state index contributed by atoms with van der Waals surface area (Å²) in [6.45, 7) is 2.19. The minimum absolute atomic E-state index is 0.263. The predicted octanol–water partition coefficient (Wildman–Crippen LogP) is 3.78. The van der Waals surface area contributed by atoms with Crippen molar-refractivity contribution in [3.63, 3.8) is 0 Å². The van der Waals surface area contributed by atoms with Gasteiger partial charge in [0.1, 0.15) is 0 Å². The molecule has 0 spiro atoms. The van der Waals surface area contributed by atoms with Crippen LogP contribution in [0.15, 0.2) is 59.0 Å². The first-order chi connectivity index (χ1) is 10.0. The molecule has 3 nitrogen and oxygen atoms in total. The van der Waals surface area contributed by atoms with Crippen LogP contribution in [0.2, 0.25) is 0 Å². The van der Waals surface area contributed by atoms with E-state index in [9.17, 15) is 8.42 Å². The summed E-state index contributed by atoms with van der Waals surface area (Å²) in [5, 5.41) is 0. The Labute approximate surface area is 129 Å². The normalized spacial score (nSPS) is 16.3. The van der Waals surface area contributed by atoms with Gasteiger partial charge in [0.25, 0.3) is 10.0 Å². The maximum absolute atomic E-state index is 12.8. The molecule has 0 saturated carbocycles. The van der Waals surface area contributed by atoms with E-state index in [0.29, 0.717) is 10.6 Å². The largest absolute Gasteiger partial charge is 0.264 e. The van der Waals surface area contributed by atoms with Crippen molar-refractivity contribution in [2.75, 3.05) is 10.8 Å². The third-order valence-electron chi connectivity index (χ3n) is 3.57. The van der Waals surface area contributed by atoms with Crippen LogP contribution >= 0.6 is 11.6 Å². The summed E-state index contributed by atoms with van der Waals surface area (Å²) in [7, 11) is -3.58. The second kappa shape index (κ2) is 5.20. The Balaban J connectivity index is 2.11. The Bertz CT molecular complexity index is 810. The van der Waals surface area contributed by atoms with E-state index in [2.05, 4.69) is 0 Å². The van der Waals surface area contributed by atoms with Gasteiger partial charge in [-0.05, 0) is 30.7 Å². The third kappa shape index (κ3) is 2.34. The predicted molar refractivity (Wildman–Crippen MR) is 86.0 cm³/mol. The molecule has 0 aliphatic carbocycles. The van der Waals surface area contributed by atoms with Crippen LogP contribution in [0.5, 0.6) is 0 Å². The van der Waals surface area contributed by atoms with Gasteiger partial charge in [0, 0.05) is 11.1 Å². The van der Waals surface area contributed by atoms with E-state index in [-0.39, 0.29) is 6.54 Å². The van der Waals surface area contributed by atoms with Crippen LogP contribution in [0.1, 0.15) is 11.1 Å². The van der Waals surface area contributed by atoms with Crippen LogP contribution < -0.4 is 4.31 Å². The van der Waals surface area contributed by atoms with Crippen LogP contribution in [0.3, 0.4) is 0 Å². The first-order valence-corrected chi connectivity index (χ1v) is 8.40. The van der Waals surface area contributed by atoms with Crippen molar-refractivity contribution in [3.8, 4) is 0 Å². The molecule has 0 atom stereocenters. The zero-order valence-corrected chi connectivity index (χ0v) is 13.0. The number of sulfonamides is 1. The van der Waals surface area contributed by atoms with Crippen molar-refractivity contribution in [1.82, 2.24) is 0 Å². The average Bonchev–Trinajstić information content (AvgIpc) is 2.87. The maximum Gasteiger partial charge on any atom is 0.264 e. The summed E-state index contributed by atoms with van der Waals surface area (Å²) in [5.41, 5.74) is 4.82. The number of rotatable bonds is 2. The second-order valence-corrected chi connectivity index (χ2v) is 7.06. The van der Waals surface area contributed by atoms with Crippen molar-refractivity contribution in [1.29, 1.82) is 0 Å². The van der Waals surface area contributed by atoms with Gasteiger partial charge in [-0.15, -0.1) is 0 Å². The Morgan fingerprint density at radius 2 is 1.76 bits per heavy atom. The van der Waals surface area contributed by atoms with E-state index in [1.165, 1.54) is 9.84 Å². The lowest BCUT2D eigenvalue weighted by Crippen LogP contribution is -2.28. The lowest BCUT2D eigenvalue weighted by Gasteiger charge is -2.19. The summed E-state index contributed by atoms with van der Waals surface area (Å²) in [4.78, 5) is 0.290. The summed E-state index contributed by atoms with van der Waals surface area (Å²) < 4.78 is 27.1. The highest BCUT2D eigenvalue weighted by Crippen LogP contribution is 2.39. The Morgan fingerprint density at radius 3 is 2.43 bits per heavy atom. The van der Waals surface area contributed by atoms with Crippen molar-refractivity contribution >= 4 is 32.9 Å². The van der Waals surface area contributed by atoms with E-state index in [1.54, 1.807) is 30.3 Å². The number of benzene rings is 2. The molecule has 0 amide bonds. The van der Waals surface area contributed by atoms with Crippen molar-refractivity contribution in [3.05, 3.63) is 65.2 Å². The summed E-state index contributed by atoms with van der Waals surface area (Å²) in [6, 6.07) is 14.3. The van der Waals surface area contributed by atoms with Gasteiger partial charge >= 0.3 is 0 Å². The lowest BCUT2D eigenvalue weighted by molar-refractivity contribution is 0.593. The van der Waals surface area contributed by atoms with Crippen LogP contribution in [-0.2, 0) is 10.0 Å². The first kappa shape index (κ1) is 14.2. The van der Waals surface area contributed by atoms with E-state index in [1.807, 2.05) is 25.1 Å². The standard InChI is InChI=1S/C16H14ClNO2S/c1-12-6-8-14(9-7-12)21(19,20)18-11-13(10-17)15-4-2-3-5-16(15)18/h2-10H,11H2,1H3/b13-10-. The molecule has 108 valence electrons. The zero-order chi connectivity index (χ0) is 15.0. The Kier molecular flexibility index (Phi) is 3.51. The van der Waals surface area contributed by atoms with Crippen molar-refractivity contribution in [2.45, 2.75) is 11.8 Å². The third-order valence-corrected chi connectivity index (χ3v) is 5.61. The van der Waals surface area contributed by atoms with Gasteiger partial charge in [0.2, 0.25) is 0 Å². The summed E-state index contributed by atoms with van der Waals surface area (Å²) >= 11 is 5.83. The van der Waals surface area contributed by atoms with Crippen LogP contribution in [0.25, 0.3) is 5.57 Å². The lowest BCUT2D eigenvalue weighted by atomic mass is 10.1. The minimum Gasteiger partial charge on any atom is -0.261 e. The molecule has 1 aliphatic heterocycles. The van der Waals surface area contributed by atoms with Gasteiger partial charge in [0.05, 0.1) is 17.1 Å². The molecule has 2 aromatic carbocycles. The molecular weight excluding hydrogens is 306 g/mol. The number of hydrogen-bond acceptors (Lipinski definition) is 2. The van der Waals surface area contributed by atoms with Gasteiger partial charge in [-0.3, -0.25) is 4.31 Å². The number of hydrogen-bond donors (Lipinski definition) is 0. The van der Waals surface area contributed by atoms with Crippen LogP contribution in [0.4, 0.5) is 5.69 Å². The van der Waals surface area contributed by atoms with Crippen LogP contribution in [-0.4, -0.2) is 15.0 Å². The van der Waals surface area contributed by atoms with Gasteiger partial charge in [-0.1, -0.05) is 47.5 Å². The van der Waals surface area contributed by atoms with E-state index in [4.69, 9.17) is 11.6 Å². The molecular formula is C16H14ClNO2S. The Morgan fingerprint density at radius 1 is 1.10 bits per heavy atom. The van der Waals surface area contributed by atoms with Crippen molar-refractivity contribution in [2.24, 2.45) is 0 Å². The molecule has 2 aromatic rings. The zero-order valence-electron chi connectivity index (χ0n) is 11.5. The monoisotopic (exact) mass is 319 g/mol. The van der Waals surface area contributed by atoms with E-state index in [0.717, 1.165) is 16.7 Å². The topological polar surface area (TPSA) is 37.4 Å². The van der Waals surface area contributed by atoms with E-state index >= 15 is 0 Å². The van der Waals surface area contributed by atoms with Gasteiger partial charge < -0.3 is 0 Å². The molecule has 1 aliphatic rings. The fourth-order valence-electron chi connectivity index (χ4n) is 2.43. The molecule has 5 heteroatoms.